The van der Waals surface area contributed by atoms with Gasteiger partial charge in [0.1, 0.15) is 0 Å². The minimum atomic E-state index is 0.673. The largest absolute Gasteiger partial charge is 0.329 e. The van der Waals surface area contributed by atoms with Crippen molar-refractivity contribution < 1.29 is 0 Å². The maximum Gasteiger partial charge on any atom is 0.0162 e. The smallest absolute Gasteiger partial charge is 0.0162 e. The zero-order valence-electron chi connectivity index (χ0n) is 9.02. The number of hydrogen-bond donors (Lipinski definition) is 2. The molecule has 1 aliphatic carbocycles. The molecule has 2 nitrogen and oxygen atoms in total. The van der Waals surface area contributed by atoms with Gasteiger partial charge in [-0.3, -0.25) is 0 Å². The minimum Gasteiger partial charge on any atom is -0.329 e. The molecule has 2 N–H and O–H groups in total. The summed E-state index contributed by atoms with van der Waals surface area (Å²) in [5, 5.41) is 0. The van der Waals surface area contributed by atoms with Crippen LogP contribution in [0.2, 0.25) is 0 Å². The van der Waals surface area contributed by atoms with Crippen molar-refractivity contribution >= 4 is 0 Å². The zero-order valence-corrected chi connectivity index (χ0v) is 9.02. The summed E-state index contributed by atoms with van der Waals surface area (Å²) in [4.78, 5) is 0. The maximum atomic E-state index is 3.05. The first-order valence-corrected chi connectivity index (χ1v) is 4.98. The van der Waals surface area contributed by atoms with Gasteiger partial charge in [-0.05, 0) is 36.3 Å². The van der Waals surface area contributed by atoms with E-state index in [4.69, 9.17) is 0 Å². The van der Waals surface area contributed by atoms with Crippen LogP contribution in [0.5, 0.6) is 0 Å². The molecule has 2 heteroatoms. The number of hydrogen-bond acceptors (Lipinski definition) is 2. The van der Waals surface area contributed by atoms with Crippen LogP contribution in [0.15, 0.2) is 23.4 Å². The fourth-order valence-corrected chi connectivity index (χ4v) is 1.90. The Morgan fingerprint density at radius 3 is 2.62 bits per heavy atom. The Kier molecular flexibility index (Phi) is 3.55. The fourth-order valence-electron chi connectivity index (χ4n) is 1.90. The number of hydrazine groups is 1. The summed E-state index contributed by atoms with van der Waals surface area (Å²) in [6.45, 7) is 6.73. The average Bonchev–Trinajstić information content (AvgIpc) is 2.40. The highest BCUT2D eigenvalue weighted by Crippen LogP contribution is 2.39. The van der Waals surface area contributed by atoms with Crippen molar-refractivity contribution in [2.75, 3.05) is 7.05 Å². The van der Waals surface area contributed by atoms with E-state index in [2.05, 4.69) is 43.9 Å². The molecule has 0 aliphatic heterocycles. The van der Waals surface area contributed by atoms with E-state index >= 15 is 0 Å². The van der Waals surface area contributed by atoms with E-state index in [-0.39, 0.29) is 0 Å². The predicted molar refractivity (Wildman–Crippen MR) is 57.0 cm³/mol. The SMILES string of the molecule is C/C=C1\CC(C)C(C)\C1=C/NNC. The van der Waals surface area contributed by atoms with Crippen LogP contribution in [-0.2, 0) is 0 Å². The fraction of sp³-hybridized carbons (Fsp3) is 0.636. The van der Waals surface area contributed by atoms with Crippen molar-refractivity contribution in [2.24, 2.45) is 11.8 Å². The van der Waals surface area contributed by atoms with Gasteiger partial charge in [0.15, 0.2) is 0 Å². The summed E-state index contributed by atoms with van der Waals surface area (Å²) < 4.78 is 0. The van der Waals surface area contributed by atoms with E-state index in [9.17, 15) is 0 Å². The third-order valence-corrected chi connectivity index (χ3v) is 2.98. The summed E-state index contributed by atoms with van der Waals surface area (Å²) >= 11 is 0. The highest BCUT2D eigenvalue weighted by atomic mass is 15.3. The molecule has 0 heterocycles. The molecule has 0 aromatic carbocycles. The molecule has 2 atom stereocenters. The Morgan fingerprint density at radius 2 is 2.08 bits per heavy atom. The summed E-state index contributed by atoms with van der Waals surface area (Å²) in [5.74, 6) is 1.45. The monoisotopic (exact) mass is 180 g/mol. The molecule has 13 heavy (non-hydrogen) atoms. The molecule has 1 saturated carbocycles. The Bertz CT molecular complexity index is 228. The first kappa shape index (κ1) is 10.3. The lowest BCUT2D eigenvalue weighted by Gasteiger charge is -2.10. The van der Waals surface area contributed by atoms with Crippen molar-refractivity contribution in [1.29, 1.82) is 0 Å². The molecular weight excluding hydrogens is 160 g/mol. The van der Waals surface area contributed by atoms with Gasteiger partial charge < -0.3 is 5.43 Å². The lowest BCUT2D eigenvalue weighted by molar-refractivity contribution is 0.496. The highest BCUT2D eigenvalue weighted by Gasteiger charge is 2.27. The standard InChI is InChI=1S/C11H20N2/c1-5-10-6-8(2)9(3)11(10)7-13-12-4/h5,7-9,12-13H,6H2,1-4H3/b10-5+,11-7+. The van der Waals surface area contributed by atoms with E-state index in [0.29, 0.717) is 5.92 Å². The van der Waals surface area contributed by atoms with Crippen LogP contribution in [0, 0.1) is 11.8 Å². The number of rotatable bonds is 2. The molecule has 0 radical (unpaired) electrons. The van der Waals surface area contributed by atoms with E-state index in [1.807, 2.05) is 7.05 Å². The summed E-state index contributed by atoms with van der Waals surface area (Å²) in [6, 6.07) is 0. The van der Waals surface area contributed by atoms with Crippen LogP contribution >= 0.6 is 0 Å². The third kappa shape index (κ3) is 2.13. The Hall–Kier alpha value is -0.760. The first-order valence-electron chi connectivity index (χ1n) is 4.98. The lowest BCUT2D eigenvalue weighted by Crippen LogP contribution is -2.22. The molecule has 0 amide bonds. The zero-order chi connectivity index (χ0) is 9.84. The molecule has 1 fully saturated rings. The van der Waals surface area contributed by atoms with Gasteiger partial charge in [-0.25, -0.2) is 5.43 Å². The lowest BCUT2D eigenvalue weighted by atomic mass is 9.98. The van der Waals surface area contributed by atoms with Crippen LogP contribution in [0.3, 0.4) is 0 Å². The second-order valence-electron chi connectivity index (χ2n) is 3.78. The van der Waals surface area contributed by atoms with Crippen LogP contribution in [-0.4, -0.2) is 7.05 Å². The summed E-state index contributed by atoms with van der Waals surface area (Å²) in [6.07, 6.45) is 5.53. The molecule has 0 aromatic rings. The van der Waals surface area contributed by atoms with Crippen molar-refractivity contribution in [2.45, 2.75) is 27.2 Å². The molecule has 74 valence electrons. The second kappa shape index (κ2) is 4.47. The van der Waals surface area contributed by atoms with Gasteiger partial charge in [0.2, 0.25) is 0 Å². The van der Waals surface area contributed by atoms with E-state index in [0.717, 1.165) is 5.92 Å². The summed E-state index contributed by atoms with van der Waals surface area (Å²) in [7, 11) is 1.88. The normalized spacial score (nSPS) is 34.5. The molecule has 0 spiro atoms. The molecule has 1 aliphatic rings. The third-order valence-electron chi connectivity index (χ3n) is 2.98. The predicted octanol–water partition coefficient (Wildman–Crippen LogP) is 2.22. The van der Waals surface area contributed by atoms with Gasteiger partial charge in [0.25, 0.3) is 0 Å². The Balaban J connectivity index is 2.80. The van der Waals surface area contributed by atoms with Gasteiger partial charge in [-0.15, -0.1) is 0 Å². The molecule has 0 aromatic heterocycles. The van der Waals surface area contributed by atoms with Gasteiger partial charge in [-0.1, -0.05) is 19.9 Å². The van der Waals surface area contributed by atoms with Crippen LogP contribution in [0.4, 0.5) is 0 Å². The number of nitrogens with one attached hydrogen (secondary N) is 2. The van der Waals surface area contributed by atoms with Crippen molar-refractivity contribution in [3.8, 4) is 0 Å². The highest BCUT2D eigenvalue weighted by molar-refractivity contribution is 5.37. The van der Waals surface area contributed by atoms with Gasteiger partial charge in [0, 0.05) is 13.2 Å². The number of allylic oxidation sites excluding steroid dienone is 3. The molecular formula is C11H20N2. The first-order chi connectivity index (χ1) is 6.20. The van der Waals surface area contributed by atoms with E-state index in [1.165, 1.54) is 17.6 Å². The van der Waals surface area contributed by atoms with E-state index in [1.54, 1.807) is 0 Å². The minimum absolute atomic E-state index is 0.673. The summed E-state index contributed by atoms with van der Waals surface area (Å²) in [5.41, 5.74) is 8.91. The topological polar surface area (TPSA) is 24.1 Å². The van der Waals surface area contributed by atoms with Crippen LogP contribution < -0.4 is 10.9 Å². The average molecular weight is 180 g/mol. The Labute approximate surface area is 81.1 Å². The molecule has 0 saturated heterocycles. The second-order valence-corrected chi connectivity index (χ2v) is 3.78. The molecule has 2 unspecified atom stereocenters. The van der Waals surface area contributed by atoms with Crippen molar-refractivity contribution in [3.05, 3.63) is 23.4 Å². The Morgan fingerprint density at radius 1 is 1.38 bits per heavy atom. The maximum absolute atomic E-state index is 3.05. The van der Waals surface area contributed by atoms with Crippen LogP contribution in [0.25, 0.3) is 0 Å². The van der Waals surface area contributed by atoms with E-state index < -0.39 is 0 Å². The van der Waals surface area contributed by atoms with Crippen molar-refractivity contribution in [3.63, 3.8) is 0 Å². The van der Waals surface area contributed by atoms with Gasteiger partial charge in [0.05, 0.1) is 0 Å². The molecule has 0 bridgehead atoms. The quantitative estimate of drug-likeness (QED) is 0.637. The van der Waals surface area contributed by atoms with Gasteiger partial charge >= 0.3 is 0 Å². The van der Waals surface area contributed by atoms with Crippen LogP contribution in [0.1, 0.15) is 27.2 Å². The molecule has 1 rings (SSSR count). The van der Waals surface area contributed by atoms with Gasteiger partial charge in [-0.2, -0.15) is 0 Å². The van der Waals surface area contributed by atoms with Crippen molar-refractivity contribution in [1.82, 2.24) is 10.9 Å².